The molecule has 23 heavy (non-hydrogen) atoms. The highest BCUT2D eigenvalue weighted by Gasteiger charge is 2.14. The summed E-state index contributed by atoms with van der Waals surface area (Å²) >= 11 is 11.3. The minimum absolute atomic E-state index is 0.413. The van der Waals surface area contributed by atoms with Crippen LogP contribution >= 0.6 is 23.8 Å². The Kier molecular flexibility index (Phi) is 4.36. The molecule has 0 radical (unpaired) electrons. The van der Waals surface area contributed by atoms with Crippen LogP contribution in [0, 0.1) is 0 Å². The molecule has 2 aromatic carbocycles. The van der Waals surface area contributed by atoms with Crippen molar-refractivity contribution >= 4 is 57.1 Å². The molecule has 118 valence electrons. The fourth-order valence-corrected chi connectivity index (χ4v) is 2.67. The van der Waals surface area contributed by atoms with Crippen LogP contribution in [-0.4, -0.2) is 24.4 Å². The van der Waals surface area contributed by atoms with E-state index in [0.29, 0.717) is 21.5 Å². The van der Waals surface area contributed by atoms with Crippen LogP contribution in [0.4, 0.5) is 17.2 Å². The van der Waals surface area contributed by atoms with Gasteiger partial charge in [0.25, 0.3) is 0 Å². The van der Waals surface area contributed by atoms with Crippen LogP contribution in [-0.2, 0) is 0 Å². The Hall–Kier alpha value is -2.31. The summed E-state index contributed by atoms with van der Waals surface area (Å²) in [4.78, 5) is 2.00. The number of fused-ring (bicyclic) bond motifs is 1. The SMILES string of the molecule is CN(C)c1cccc2onc(NC(=S)Nc3cccc(Cl)c3)c12. The van der Waals surface area contributed by atoms with Crippen LogP contribution in [0.3, 0.4) is 0 Å². The summed E-state index contributed by atoms with van der Waals surface area (Å²) in [6.07, 6.45) is 0. The number of hydrogen-bond acceptors (Lipinski definition) is 4. The molecule has 3 aromatic rings. The van der Waals surface area contributed by atoms with Crippen molar-refractivity contribution in [3.63, 3.8) is 0 Å². The molecule has 2 N–H and O–H groups in total. The van der Waals surface area contributed by atoms with Gasteiger partial charge in [0.05, 0.1) is 11.1 Å². The van der Waals surface area contributed by atoms with E-state index in [9.17, 15) is 0 Å². The van der Waals surface area contributed by atoms with Crippen LogP contribution in [0.1, 0.15) is 0 Å². The van der Waals surface area contributed by atoms with Gasteiger partial charge in [-0.3, -0.25) is 0 Å². The second-order valence-electron chi connectivity index (χ2n) is 5.17. The largest absolute Gasteiger partial charge is 0.377 e. The molecule has 0 bridgehead atoms. The van der Waals surface area contributed by atoms with E-state index < -0.39 is 0 Å². The van der Waals surface area contributed by atoms with Crippen LogP contribution in [0.5, 0.6) is 0 Å². The first-order chi connectivity index (χ1) is 11.0. The van der Waals surface area contributed by atoms with Gasteiger partial charge in [0.1, 0.15) is 0 Å². The standard InChI is InChI=1S/C16H15ClN4OS/c1-21(2)12-7-4-8-13-14(12)15(20-22-13)19-16(23)18-11-6-3-5-10(17)9-11/h3-9H,1-2H3,(H2,18,19,20,23). The molecular formula is C16H15ClN4OS. The highest BCUT2D eigenvalue weighted by molar-refractivity contribution is 7.80. The molecule has 0 aliphatic carbocycles. The zero-order chi connectivity index (χ0) is 16.4. The van der Waals surface area contributed by atoms with Gasteiger partial charge in [-0.1, -0.05) is 28.9 Å². The van der Waals surface area contributed by atoms with Crippen LogP contribution in [0.15, 0.2) is 47.0 Å². The van der Waals surface area contributed by atoms with Gasteiger partial charge < -0.3 is 20.1 Å². The second kappa shape index (κ2) is 6.44. The Morgan fingerprint density at radius 3 is 2.70 bits per heavy atom. The summed E-state index contributed by atoms with van der Waals surface area (Å²) in [5.74, 6) is 0.573. The highest BCUT2D eigenvalue weighted by Crippen LogP contribution is 2.31. The highest BCUT2D eigenvalue weighted by atomic mass is 35.5. The van der Waals surface area contributed by atoms with E-state index in [2.05, 4.69) is 15.8 Å². The molecule has 0 saturated heterocycles. The molecule has 0 amide bonds. The van der Waals surface area contributed by atoms with Crippen molar-refractivity contribution in [2.24, 2.45) is 0 Å². The van der Waals surface area contributed by atoms with Crippen molar-refractivity contribution in [3.8, 4) is 0 Å². The van der Waals surface area contributed by atoms with Gasteiger partial charge in [0.2, 0.25) is 0 Å². The number of nitrogens with one attached hydrogen (secondary N) is 2. The van der Waals surface area contributed by atoms with Gasteiger partial charge in [0.15, 0.2) is 16.5 Å². The zero-order valence-electron chi connectivity index (χ0n) is 12.6. The number of anilines is 3. The average molecular weight is 347 g/mol. The Morgan fingerprint density at radius 2 is 1.96 bits per heavy atom. The minimum atomic E-state index is 0.413. The third kappa shape index (κ3) is 3.38. The first-order valence-electron chi connectivity index (χ1n) is 6.94. The summed E-state index contributed by atoms with van der Waals surface area (Å²) in [6, 6.07) is 13.1. The van der Waals surface area contributed by atoms with Crippen molar-refractivity contribution in [2.75, 3.05) is 29.6 Å². The van der Waals surface area contributed by atoms with Crippen LogP contribution < -0.4 is 15.5 Å². The van der Waals surface area contributed by atoms with E-state index in [4.69, 9.17) is 28.3 Å². The van der Waals surface area contributed by atoms with Crippen molar-refractivity contribution in [1.29, 1.82) is 0 Å². The molecule has 5 nitrogen and oxygen atoms in total. The fraction of sp³-hybridized carbons (Fsp3) is 0.125. The zero-order valence-corrected chi connectivity index (χ0v) is 14.2. The maximum Gasteiger partial charge on any atom is 0.185 e. The van der Waals surface area contributed by atoms with E-state index in [0.717, 1.165) is 16.8 Å². The number of benzene rings is 2. The van der Waals surface area contributed by atoms with Gasteiger partial charge in [-0.05, 0) is 42.5 Å². The molecule has 3 rings (SSSR count). The Balaban J connectivity index is 1.85. The van der Waals surface area contributed by atoms with E-state index >= 15 is 0 Å². The number of halogens is 1. The quantitative estimate of drug-likeness (QED) is 0.687. The second-order valence-corrected chi connectivity index (χ2v) is 6.01. The predicted octanol–water partition coefficient (Wildman–Crippen LogP) is 4.36. The average Bonchev–Trinajstić information content (AvgIpc) is 2.90. The van der Waals surface area contributed by atoms with Gasteiger partial charge in [-0.25, -0.2) is 0 Å². The third-order valence-electron chi connectivity index (χ3n) is 3.27. The summed E-state index contributed by atoms with van der Waals surface area (Å²) in [5.41, 5.74) is 2.50. The summed E-state index contributed by atoms with van der Waals surface area (Å²) < 4.78 is 5.36. The topological polar surface area (TPSA) is 53.3 Å². The van der Waals surface area contributed by atoms with E-state index in [-0.39, 0.29) is 0 Å². The third-order valence-corrected chi connectivity index (χ3v) is 3.71. The molecular weight excluding hydrogens is 332 g/mol. The monoisotopic (exact) mass is 346 g/mol. The Morgan fingerprint density at radius 1 is 1.17 bits per heavy atom. The predicted molar refractivity (Wildman–Crippen MR) is 99.6 cm³/mol. The molecule has 0 spiro atoms. The van der Waals surface area contributed by atoms with Crippen molar-refractivity contribution in [1.82, 2.24) is 5.16 Å². The fourth-order valence-electron chi connectivity index (χ4n) is 2.27. The van der Waals surface area contributed by atoms with Crippen molar-refractivity contribution < 1.29 is 4.52 Å². The molecule has 0 aliphatic rings. The van der Waals surface area contributed by atoms with Gasteiger partial charge in [-0.2, -0.15) is 0 Å². The lowest BCUT2D eigenvalue weighted by Gasteiger charge is -2.14. The molecule has 0 unspecified atom stereocenters. The van der Waals surface area contributed by atoms with E-state index in [1.54, 1.807) is 12.1 Å². The molecule has 1 aromatic heterocycles. The smallest absolute Gasteiger partial charge is 0.185 e. The normalized spacial score (nSPS) is 10.6. The van der Waals surface area contributed by atoms with E-state index in [1.165, 1.54) is 0 Å². The number of hydrogen-bond donors (Lipinski definition) is 2. The number of thiocarbonyl (C=S) groups is 1. The summed E-state index contributed by atoms with van der Waals surface area (Å²) in [5, 5.41) is 12.2. The number of nitrogens with zero attached hydrogens (tertiary/aromatic N) is 2. The number of aromatic nitrogens is 1. The van der Waals surface area contributed by atoms with Crippen LogP contribution in [0.25, 0.3) is 11.0 Å². The number of rotatable bonds is 3. The lowest BCUT2D eigenvalue weighted by Crippen LogP contribution is -2.19. The van der Waals surface area contributed by atoms with Crippen molar-refractivity contribution in [3.05, 3.63) is 47.5 Å². The molecule has 7 heteroatoms. The first kappa shape index (κ1) is 15.6. The lowest BCUT2D eigenvalue weighted by atomic mass is 10.2. The maximum atomic E-state index is 5.97. The van der Waals surface area contributed by atoms with Crippen LogP contribution in [0.2, 0.25) is 5.02 Å². The molecule has 0 atom stereocenters. The van der Waals surface area contributed by atoms with Gasteiger partial charge in [0, 0.05) is 24.8 Å². The summed E-state index contributed by atoms with van der Waals surface area (Å²) in [7, 11) is 3.93. The van der Waals surface area contributed by atoms with E-state index in [1.807, 2.05) is 49.3 Å². The first-order valence-corrected chi connectivity index (χ1v) is 7.72. The maximum absolute atomic E-state index is 5.97. The molecule has 0 aliphatic heterocycles. The Labute approximate surface area is 144 Å². The minimum Gasteiger partial charge on any atom is -0.377 e. The molecule has 0 fully saturated rings. The van der Waals surface area contributed by atoms with Gasteiger partial charge >= 0.3 is 0 Å². The molecule has 1 heterocycles. The van der Waals surface area contributed by atoms with Gasteiger partial charge in [-0.15, -0.1) is 0 Å². The summed E-state index contributed by atoms with van der Waals surface area (Å²) in [6.45, 7) is 0. The van der Waals surface area contributed by atoms with Crippen molar-refractivity contribution in [2.45, 2.75) is 0 Å². The lowest BCUT2D eigenvalue weighted by molar-refractivity contribution is 0.460. The Bertz CT molecular complexity index is 862. The molecule has 0 saturated carbocycles.